The fourth-order valence-electron chi connectivity index (χ4n) is 1.31. The SMILES string of the molecule is COC(=O)C(C)S(=O)(=O)N(C)Cc1n[nH]c(C)n1. The first-order chi connectivity index (χ1) is 8.28. The fourth-order valence-corrected chi connectivity index (χ4v) is 2.48. The van der Waals surface area contributed by atoms with Crippen LogP contribution in [0.4, 0.5) is 0 Å². The number of aromatic nitrogens is 3. The van der Waals surface area contributed by atoms with E-state index in [0.29, 0.717) is 11.6 Å². The minimum absolute atomic E-state index is 0.00594. The number of nitrogens with zero attached hydrogens (tertiary/aromatic N) is 3. The van der Waals surface area contributed by atoms with Gasteiger partial charge in [0.05, 0.1) is 13.7 Å². The van der Waals surface area contributed by atoms with Gasteiger partial charge < -0.3 is 4.74 Å². The van der Waals surface area contributed by atoms with E-state index in [1.54, 1.807) is 6.92 Å². The van der Waals surface area contributed by atoms with Crippen molar-refractivity contribution in [2.45, 2.75) is 25.6 Å². The molecule has 0 bridgehead atoms. The molecule has 0 aliphatic carbocycles. The number of aromatic amines is 1. The first-order valence-electron chi connectivity index (χ1n) is 5.20. The molecule has 1 unspecified atom stereocenters. The summed E-state index contributed by atoms with van der Waals surface area (Å²) in [5.41, 5.74) is 0. The van der Waals surface area contributed by atoms with Crippen molar-refractivity contribution >= 4 is 16.0 Å². The summed E-state index contributed by atoms with van der Waals surface area (Å²) in [4.78, 5) is 15.3. The molecular formula is C9H16N4O4S. The predicted molar refractivity (Wildman–Crippen MR) is 63.0 cm³/mol. The lowest BCUT2D eigenvalue weighted by Crippen LogP contribution is -2.39. The molecule has 1 rings (SSSR count). The monoisotopic (exact) mass is 276 g/mol. The van der Waals surface area contributed by atoms with Gasteiger partial charge in [-0.15, -0.1) is 0 Å². The van der Waals surface area contributed by atoms with Crippen LogP contribution in [0, 0.1) is 6.92 Å². The Morgan fingerprint density at radius 2 is 2.17 bits per heavy atom. The number of hydrogen-bond acceptors (Lipinski definition) is 6. The number of aryl methyl sites for hydroxylation is 1. The summed E-state index contributed by atoms with van der Waals surface area (Å²) in [6.07, 6.45) is 0. The molecule has 8 nitrogen and oxygen atoms in total. The summed E-state index contributed by atoms with van der Waals surface area (Å²) >= 11 is 0. The summed E-state index contributed by atoms with van der Waals surface area (Å²) in [6, 6.07) is 0. The fraction of sp³-hybridized carbons (Fsp3) is 0.667. The molecule has 0 amide bonds. The van der Waals surface area contributed by atoms with Gasteiger partial charge in [-0.3, -0.25) is 9.89 Å². The molecule has 0 aliphatic heterocycles. The zero-order valence-electron chi connectivity index (χ0n) is 10.7. The normalized spacial score (nSPS) is 13.6. The molecule has 0 saturated heterocycles. The summed E-state index contributed by atoms with van der Waals surface area (Å²) < 4.78 is 29.4. The number of nitrogens with one attached hydrogen (secondary N) is 1. The van der Waals surface area contributed by atoms with Crippen LogP contribution in [0.3, 0.4) is 0 Å². The maximum Gasteiger partial charge on any atom is 0.325 e. The minimum Gasteiger partial charge on any atom is -0.468 e. The maximum absolute atomic E-state index is 12.0. The number of rotatable bonds is 5. The van der Waals surface area contributed by atoms with Gasteiger partial charge in [-0.2, -0.15) is 9.40 Å². The summed E-state index contributed by atoms with van der Waals surface area (Å²) in [5, 5.41) is 5.19. The number of esters is 1. The van der Waals surface area contributed by atoms with Gasteiger partial charge in [-0.05, 0) is 13.8 Å². The topological polar surface area (TPSA) is 105 Å². The van der Waals surface area contributed by atoms with Crippen LogP contribution in [-0.4, -0.2) is 53.3 Å². The number of methoxy groups -OCH3 is 1. The molecule has 1 heterocycles. The minimum atomic E-state index is -3.77. The van der Waals surface area contributed by atoms with Crippen molar-refractivity contribution in [1.82, 2.24) is 19.5 Å². The Balaban J connectivity index is 2.82. The lowest BCUT2D eigenvalue weighted by molar-refractivity contribution is -0.139. The van der Waals surface area contributed by atoms with Crippen LogP contribution < -0.4 is 0 Å². The third-order valence-electron chi connectivity index (χ3n) is 2.42. The molecule has 1 N–H and O–H groups in total. The molecule has 0 aliphatic rings. The number of H-pyrrole nitrogens is 1. The highest BCUT2D eigenvalue weighted by Crippen LogP contribution is 2.11. The number of carbonyl (C=O) groups excluding carboxylic acids is 1. The predicted octanol–water partition coefficient (Wildman–Crippen LogP) is -0.564. The van der Waals surface area contributed by atoms with Crippen LogP contribution in [0.15, 0.2) is 0 Å². The Morgan fingerprint density at radius 3 is 2.61 bits per heavy atom. The molecule has 18 heavy (non-hydrogen) atoms. The lowest BCUT2D eigenvalue weighted by atomic mass is 10.5. The summed E-state index contributed by atoms with van der Waals surface area (Å²) in [7, 11) is -1.27. The summed E-state index contributed by atoms with van der Waals surface area (Å²) in [5.74, 6) is 0.139. The molecular weight excluding hydrogens is 260 g/mol. The van der Waals surface area contributed by atoms with Crippen molar-refractivity contribution in [1.29, 1.82) is 0 Å². The molecule has 0 saturated carbocycles. The molecule has 102 valence electrons. The zero-order chi connectivity index (χ0) is 13.9. The highest BCUT2D eigenvalue weighted by atomic mass is 32.2. The van der Waals surface area contributed by atoms with E-state index in [9.17, 15) is 13.2 Å². The first-order valence-corrected chi connectivity index (χ1v) is 6.70. The molecule has 1 aromatic rings. The molecule has 0 fully saturated rings. The second-order valence-corrected chi connectivity index (χ2v) is 6.16. The van der Waals surface area contributed by atoms with E-state index >= 15 is 0 Å². The number of sulfonamides is 1. The van der Waals surface area contributed by atoms with E-state index in [-0.39, 0.29) is 6.54 Å². The van der Waals surface area contributed by atoms with E-state index < -0.39 is 21.2 Å². The zero-order valence-corrected chi connectivity index (χ0v) is 11.5. The van der Waals surface area contributed by atoms with Gasteiger partial charge in [-0.25, -0.2) is 13.4 Å². The van der Waals surface area contributed by atoms with Crippen LogP contribution >= 0.6 is 0 Å². The smallest absolute Gasteiger partial charge is 0.325 e. The number of carbonyl (C=O) groups is 1. The molecule has 9 heteroatoms. The van der Waals surface area contributed by atoms with Gasteiger partial charge in [0.15, 0.2) is 11.1 Å². The Bertz CT molecular complexity index is 524. The van der Waals surface area contributed by atoms with E-state index in [0.717, 1.165) is 11.4 Å². The second-order valence-electron chi connectivity index (χ2n) is 3.80. The third-order valence-corrected chi connectivity index (χ3v) is 4.51. The van der Waals surface area contributed by atoms with Crippen molar-refractivity contribution in [2.24, 2.45) is 0 Å². The van der Waals surface area contributed by atoms with Crippen molar-refractivity contribution in [2.75, 3.05) is 14.2 Å². The van der Waals surface area contributed by atoms with E-state index in [4.69, 9.17) is 0 Å². The third kappa shape index (κ3) is 3.05. The first kappa shape index (κ1) is 14.6. The van der Waals surface area contributed by atoms with Crippen LogP contribution in [-0.2, 0) is 26.1 Å². The lowest BCUT2D eigenvalue weighted by Gasteiger charge is -2.19. The Labute approximate surface area is 105 Å². The van der Waals surface area contributed by atoms with Crippen molar-refractivity contribution in [3.05, 3.63) is 11.6 Å². The second kappa shape index (κ2) is 5.44. The number of ether oxygens (including phenoxy) is 1. The Hall–Kier alpha value is -1.48. The van der Waals surface area contributed by atoms with E-state index in [2.05, 4.69) is 19.9 Å². The number of hydrogen-bond donors (Lipinski definition) is 1. The highest BCUT2D eigenvalue weighted by molar-refractivity contribution is 7.90. The highest BCUT2D eigenvalue weighted by Gasteiger charge is 2.33. The van der Waals surface area contributed by atoms with Crippen LogP contribution in [0.5, 0.6) is 0 Å². The van der Waals surface area contributed by atoms with Gasteiger partial charge >= 0.3 is 5.97 Å². The molecule has 1 aromatic heterocycles. The molecule has 0 radical (unpaired) electrons. The van der Waals surface area contributed by atoms with Gasteiger partial charge in [0.1, 0.15) is 5.82 Å². The molecule has 1 atom stereocenters. The quantitative estimate of drug-likeness (QED) is 0.722. The van der Waals surface area contributed by atoms with E-state index in [1.165, 1.54) is 14.0 Å². The standard InChI is InChI=1S/C9H16N4O4S/c1-6(9(14)17-4)18(15,16)13(3)5-8-10-7(2)11-12-8/h6H,5H2,1-4H3,(H,10,11,12). The van der Waals surface area contributed by atoms with Gasteiger partial charge in [0, 0.05) is 7.05 Å². The van der Waals surface area contributed by atoms with E-state index in [1.807, 2.05) is 0 Å². The van der Waals surface area contributed by atoms with Crippen LogP contribution in [0.25, 0.3) is 0 Å². The van der Waals surface area contributed by atoms with Crippen molar-refractivity contribution < 1.29 is 17.9 Å². The Morgan fingerprint density at radius 1 is 1.56 bits per heavy atom. The van der Waals surface area contributed by atoms with Crippen molar-refractivity contribution in [3.8, 4) is 0 Å². The van der Waals surface area contributed by atoms with Gasteiger partial charge in [0.2, 0.25) is 10.0 Å². The average Bonchev–Trinajstić information content (AvgIpc) is 2.72. The summed E-state index contributed by atoms with van der Waals surface area (Å²) in [6.45, 7) is 2.98. The maximum atomic E-state index is 12.0. The largest absolute Gasteiger partial charge is 0.468 e. The van der Waals surface area contributed by atoms with Gasteiger partial charge in [-0.1, -0.05) is 0 Å². The van der Waals surface area contributed by atoms with Gasteiger partial charge in [0.25, 0.3) is 0 Å². The average molecular weight is 276 g/mol. The molecule has 0 spiro atoms. The van der Waals surface area contributed by atoms with Crippen molar-refractivity contribution in [3.63, 3.8) is 0 Å². The van der Waals surface area contributed by atoms with Crippen LogP contribution in [0.1, 0.15) is 18.6 Å². The Kier molecular flexibility index (Phi) is 4.41. The molecule has 0 aromatic carbocycles. The van der Waals surface area contributed by atoms with Crippen LogP contribution in [0.2, 0.25) is 0 Å².